The molecule has 0 spiro atoms. The van der Waals surface area contributed by atoms with Crippen LogP contribution in [0.25, 0.3) is 20.4 Å². The first-order valence-electron chi connectivity index (χ1n) is 10.5. The number of hydrogen-bond donors (Lipinski definition) is 4. The van der Waals surface area contributed by atoms with Crippen LogP contribution in [0.2, 0.25) is 0 Å². The number of benzene rings is 2. The number of nitrogen functional groups attached to an aromatic ring is 2. The van der Waals surface area contributed by atoms with Crippen LogP contribution in [-0.2, 0) is 9.59 Å². The van der Waals surface area contributed by atoms with E-state index in [1.54, 1.807) is 0 Å². The molecule has 0 fully saturated rings. The molecule has 2 aromatic carbocycles. The van der Waals surface area contributed by atoms with Crippen molar-refractivity contribution >= 4 is 65.3 Å². The van der Waals surface area contributed by atoms with Crippen LogP contribution >= 0.6 is 22.7 Å². The molecule has 0 unspecified atom stereocenters. The normalized spacial score (nSPS) is 10.2. The summed E-state index contributed by atoms with van der Waals surface area (Å²) in [6.45, 7) is 0. The summed E-state index contributed by atoms with van der Waals surface area (Å²) in [5, 5.41) is 17.9. The van der Waals surface area contributed by atoms with E-state index < -0.39 is 11.9 Å². The average molecular weight is 489 g/mol. The maximum atomic E-state index is 10.1. The summed E-state index contributed by atoms with van der Waals surface area (Å²) in [7, 11) is 0. The minimum absolute atomic E-state index is 0.221. The lowest BCUT2D eigenvalue weighted by Crippen LogP contribution is -1.95. The van der Waals surface area contributed by atoms with Crippen LogP contribution in [0.3, 0.4) is 0 Å². The molecule has 10 heteroatoms. The Morgan fingerprint density at radius 1 is 0.667 bits per heavy atom. The predicted octanol–water partition coefficient (Wildman–Crippen LogP) is 5.64. The van der Waals surface area contributed by atoms with E-state index in [1.807, 2.05) is 48.5 Å². The Labute approximate surface area is 199 Å². The number of nitrogens with two attached hydrogens (primary N) is 2. The van der Waals surface area contributed by atoms with Gasteiger partial charge in [-0.1, -0.05) is 66.2 Å². The van der Waals surface area contributed by atoms with Gasteiger partial charge < -0.3 is 21.7 Å². The molecule has 4 rings (SSSR count). The molecule has 0 aliphatic rings. The number of unbranched alkanes of at least 4 members (excludes halogenated alkanes) is 4. The molecule has 176 valence electrons. The van der Waals surface area contributed by atoms with E-state index in [0.29, 0.717) is 23.1 Å². The fourth-order valence-corrected chi connectivity index (χ4v) is 4.33. The molecule has 33 heavy (non-hydrogen) atoms. The minimum Gasteiger partial charge on any atom is -0.481 e. The number of aliphatic carboxylic acids is 2. The number of rotatable bonds is 8. The van der Waals surface area contributed by atoms with E-state index in [1.165, 1.54) is 22.7 Å². The highest BCUT2D eigenvalue weighted by atomic mass is 32.1. The minimum atomic E-state index is -0.759. The van der Waals surface area contributed by atoms with Crippen molar-refractivity contribution in [3.8, 4) is 0 Å². The summed E-state index contributed by atoms with van der Waals surface area (Å²) in [6, 6.07) is 15.8. The first-order chi connectivity index (χ1) is 15.8. The highest BCUT2D eigenvalue weighted by Crippen LogP contribution is 2.23. The third-order valence-electron chi connectivity index (χ3n) is 4.40. The summed E-state index contributed by atoms with van der Waals surface area (Å²) in [5.74, 6) is -1.52. The van der Waals surface area contributed by atoms with E-state index in [4.69, 9.17) is 21.7 Å². The highest BCUT2D eigenvalue weighted by Gasteiger charge is 1.99. The quantitative estimate of drug-likeness (QED) is 0.232. The molecule has 2 aromatic heterocycles. The molecule has 0 aliphatic heterocycles. The number of nitrogens with zero attached hydrogens (tertiary/aromatic N) is 2. The lowest BCUT2D eigenvalue weighted by Gasteiger charge is -1.97. The second kappa shape index (κ2) is 14.0. The van der Waals surface area contributed by atoms with Crippen molar-refractivity contribution in [3.05, 3.63) is 48.5 Å². The van der Waals surface area contributed by atoms with Crippen molar-refractivity contribution in [1.82, 2.24) is 9.97 Å². The number of carbonyl (C=O) groups is 2. The predicted molar refractivity (Wildman–Crippen MR) is 136 cm³/mol. The summed E-state index contributed by atoms with van der Waals surface area (Å²) >= 11 is 3.04. The monoisotopic (exact) mass is 488 g/mol. The third-order valence-corrected chi connectivity index (χ3v) is 6.13. The summed E-state index contributed by atoms with van der Waals surface area (Å²) in [4.78, 5) is 28.4. The molecular formula is C23H28N4O4S2. The molecule has 2 heterocycles. The van der Waals surface area contributed by atoms with Crippen LogP contribution in [0.1, 0.15) is 44.9 Å². The number of carboxylic acids is 2. The first kappa shape index (κ1) is 26.0. The van der Waals surface area contributed by atoms with Gasteiger partial charge in [0.25, 0.3) is 0 Å². The number of thiazole rings is 2. The highest BCUT2D eigenvalue weighted by molar-refractivity contribution is 7.22. The van der Waals surface area contributed by atoms with Gasteiger partial charge in [0.1, 0.15) is 0 Å². The van der Waals surface area contributed by atoms with Gasteiger partial charge in [0, 0.05) is 12.8 Å². The topological polar surface area (TPSA) is 152 Å². The summed E-state index contributed by atoms with van der Waals surface area (Å²) in [5.41, 5.74) is 13.0. The van der Waals surface area contributed by atoms with Crippen LogP contribution in [0.5, 0.6) is 0 Å². The van der Waals surface area contributed by atoms with Crippen LogP contribution in [-0.4, -0.2) is 32.1 Å². The van der Waals surface area contributed by atoms with Gasteiger partial charge in [-0.3, -0.25) is 9.59 Å². The van der Waals surface area contributed by atoms with Crippen molar-refractivity contribution in [2.45, 2.75) is 44.9 Å². The van der Waals surface area contributed by atoms with Gasteiger partial charge in [-0.15, -0.1) is 0 Å². The molecule has 0 saturated carbocycles. The molecule has 0 aliphatic carbocycles. The summed E-state index contributed by atoms with van der Waals surface area (Å²) in [6.07, 6.45) is 4.53. The molecule has 8 nitrogen and oxygen atoms in total. The Hall–Kier alpha value is -3.24. The third kappa shape index (κ3) is 10.3. The fraction of sp³-hybridized carbons (Fsp3) is 0.304. The fourth-order valence-electron chi connectivity index (χ4n) is 2.86. The van der Waals surface area contributed by atoms with Gasteiger partial charge in [0.2, 0.25) is 0 Å². The van der Waals surface area contributed by atoms with Gasteiger partial charge in [0.15, 0.2) is 10.3 Å². The number of para-hydroxylation sites is 2. The number of fused-ring (bicyclic) bond motifs is 2. The Balaban J connectivity index is 0.000000176. The summed E-state index contributed by atoms with van der Waals surface area (Å²) < 4.78 is 2.31. The molecular weight excluding hydrogens is 460 g/mol. The van der Waals surface area contributed by atoms with Crippen molar-refractivity contribution in [1.29, 1.82) is 0 Å². The van der Waals surface area contributed by atoms with Crippen molar-refractivity contribution in [2.75, 3.05) is 11.5 Å². The Bertz CT molecular complexity index is 1000. The SMILES string of the molecule is Nc1nc2ccccc2s1.Nc1nc2ccccc2s1.O=C(O)CCCCCCCC(=O)O. The molecule has 0 saturated heterocycles. The van der Waals surface area contributed by atoms with Crippen molar-refractivity contribution < 1.29 is 19.8 Å². The van der Waals surface area contributed by atoms with Crippen molar-refractivity contribution in [2.24, 2.45) is 0 Å². The lowest BCUT2D eigenvalue weighted by atomic mass is 10.1. The van der Waals surface area contributed by atoms with Gasteiger partial charge in [0.05, 0.1) is 20.4 Å². The van der Waals surface area contributed by atoms with Crippen LogP contribution in [0.4, 0.5) is 10.3 Å². The molecule has 0 radical (unpaired) electrons. The second-order valence-corrected chi connectivity index (χ2v) is 9.22. The van der Waals surface area contributed by atoms with Crippen LogP contribution in [0, 0.1) is 0 Å². The van der Waals surface area contributed by atoms with Gasteiger partial charge in [-0.05, 0) is 37.1 Å². The van der Waals surface area contributed by atoms with Gasteiger partial charge in [-0.2, -0.15) is 0 Å². The van der Waals surface area contributed by atoms with Gasteiger partial charge in [-0.25, -0.2) is 9.97 Å². The maximum absolute atomic E-state index is 10.1. The van der Waals surface area contributed by atoms with E-state index in [0.717, 1.165) is 39.7 Å². The van der Waals surface area contributed by atoms with E-state index in [2.05, 4.69) is 9.97 Å². The number of hydrogen-bond acceptors (Lipinski definition) is 8. The molecule has 0 amide bonds. The smallest absolute Gasteiger partial charge is 0.303 e. The Morgan fingerprint density at radius 2 is 1.03 bits per heavy atom. The largest absolute Gasteiger partial charge is 0.481 e. The molecule has 6 N–H and O–H groups in total. The number of anilines is 2. The van der Waals surface area contributed by atoms with E-state index >= 15 is 0 Å². The lowest BCUT2D eigenvalue weighted by molar-refractivity contribution is -0.138. The number of aromatic nitrogens is 2. The zero-order valence-corrected chi connectivity index (χ0v) is 19.8. The van der Waals surface area contributed by atoms with Gasteiger partial charge >= 0.3 is 11.9 Å². The Kier molecular flexibility index (Phi) is 11.1. The zero-order valence-electron chi connectivity index (χ0n) is 18.1. The van der Waals surface area contributed by atoms with Crippen LogP contribution in [0.15, 0.2) is 48.5 Å². The standard InChI is InChI=1S/C9H16O4.2C7H6N2S/c10-8(11)6-4-2-1-3-5-7-9(12)13;2*8-7-9-5-3-1-2-4-6(5)10-7/h1-7H2,(H,10,11)(H,12,13);2*1-4H,(H2,8,9). The zero-order chi connectivity index (χ0) is 24.1. The van der Waals surface area contributed by atoms with Crippen molar-refractivity contribution in [3.63, 3.8) is 0 Å². The molecule has 4 aromatic rings. The maximum Gasteiger partial charge on any atom is 0.303 e. The number of carboxylic acid groups (broad SMARTS) is 2. The first-order valence-corrected chi connectivity index (χ1v) is 12.1. The molecule has 0 atom stereocenters. The van der Waals surface area contributed by atoms with E-state index in [-0.39, 0.29) is 12.8 Å². The average Bonchev–Trinajstić information content (AvgIpc) is 3.33. The second-order valence-electron chi connectivity index (χ2n) is 7.09. The van der Waals surface area contributed by atoms with Crippen LogP contribution < -0.4 is 11.5 Å². The Morgan fingerprint density at radius 3 is 1.39 bits per heavy atom. The van der Waals surface area contributed by atoms with E-state index in [9.17, 15) is 9.59 Å². The molecule has 0 bridgehead atoms.